The standard InChI is InChI=1S/C59H87N19O11S2/c60-38(18-8-22-67-57(61)62)48(80)72-39(19-9-23-68-58(63)64)49(81)74-42-31-90-91-32-43(75-50(82)41(26-33-12-2-1-3-13-33)71-46(79)28-70-51(83)44-21-11-25-76(44)53(42)85)54(86)77-29-35-15-5-4-14-34(35)27-45(77)55(87)78-30-36-16-6-7-17-37(36)47(78)52(84)73-40(56(88)89)20-10-24-69-59(65)66/h1-5,12-15,36-45,47H,6-11,16-32,60H2,(H,70,83)(H,71,79)(H,72,80)(H,73,84)(H,74,81)(H,75,82)(H,88,89)(H4,61,62,67)(H4,63,64,68)(H4,65,66,69)/t36?,37?,38-,39+,40+,41+,42+,43+,44+,45-,47+/m1/s1. The molecule has 1 aliphatic carbocycles. The molecule has 0 radical (unpaired) electrons. The molecule has 2 unspecified atom stereocenters. The maximum absolute atomic E-state index is 15.8. The Labute approximate surface area is 535 Å². The van der Waals surface area contributed by atoms with Crippen molar-refractivity contribution in [1.29, 1.82) is 0 Å². The van der Waals surface area contributed by atoms with Gasteiger partial charge in [0.2, 0.25) is 53.2 Å². The minimum Gasteiger partial charge on any atom is -0.480 e. The van der Waals surface area contributed by atoms with Gasteiger partial charge in [-0.15, -0.1) is 0 Å². The van der Waals surface area contributed by atoms with Gasteiger partial charge in [-0.2, -0.15) is 0 Å². The minimum absolute atomic E-state index is 0.00173. The Hall–Kier alpha value is -8.39. The van der Waals surface area contributed by atoms with Crippen LogP contribution in [0.3, 0.4) is 0 Å². The average molecular weight is 1300 g/mol. The highest BCUT2D eigenvalue weighted by molar-refractivity contribution is 8.76. The molecule has 2 aromatic rings. The van der Waals surface area contributed by atoms with Crippen LogP contribution in [0.25, 0.3) is 0 Å². The van der Waals surface area contributed by atoms with E-state index in [-0.39, 0.29) is 132 Å². The largest absolute Gasteiger partial charge is 0.480 e. The lowest BCUT2D eigenvalue weighted by molar-refractivity contribution is -0.151. The topological polar surface area (TPSA) is 492 Å². The molecule has 5 aliphatic rings. The van der Waals surface area contributed by atoms with Crippen LogP contribution in [0.4, 0.5) is 0 Å². The quantitative estimate of drug-likeness (QED) is 0.0224. The number of fused-ring (bicyclic) bond motifs is 3. The van der Waals surface area contributed by atoms with Gasteiger partial charge in [-0.3, -0.25) is 58.1 Å². The lowest BCUT2D eigenvalue weighted by atomic mass is 9.78. The fraction of sp³-hybridized carbons (Fsp3) is 0.576. The number of nitrogens with zero attached hydrogens (tertiary/aromatic N) is 6. The van der Waals surface area contributed by atoms with Gasteiger partial charge in [-0.05, 0) is 92.7 Å². The molecular formula is C59H87N19O11S2. The number of carboxylic acids is 1. The number of carbonyl (C=O) groups excluding carboxylic acids is 9. The molecule has 2 aromatic carbocycles. The lowest BCUT2D eigenvalue weighted by Crippen LogP contribution is -2.62. The number of hydrogen-bond acceptors (Lipinski definition) is 16. The second-order valence-corrected chi connectivity index (χ2v) is 26.0. The summed E-state index contributed by atoms with van der Waals surface area (Å²) in [5.74, 6) is -8.71. The molecule has 7 rings (SSSR count). The highest BCUT2D eigenvalue weighted by Gasteiger charge is 2.52. The summed E-state index contributed by atoms with van der Waals surface area (Å²) in [6.45, 7) is -0.00487. The van der Waals surface area contributed by atoms with Crippen molar-refractivity contribution < 1.29 is 53.1 Å². The summed E-state index contributed by atoms with van der Waals surface area (Å²) in [5, 5.41) is 26.7. The molecule has 9 amide bonds. The third-order valence-corrected chi connectivity index (χ3v) is 19.4. The van der Waals surface area contributed by atoms with Crippen molar-refractivity contribution in [2.45, 2.75) is 151 Å². The number of nitrogens with one attached hydrogen (secondary N) is 6. The van der Waals surface area contributed by atoms with Gasteiger partial charge in [-0.25, -0.2) is 4.79 Å². The van der Waals surface area contributed by atoms with E-state index in [4.69, 9.17) is 40.1 Å². The summed E-state index contributed by atoms with van der Waals surface area (Å²) in [7, 11) is 2.14. The molecule has 1 saturated carbocycles. The van der Waals surface area contributed by atoms with Gasteiger partial charge in [0.25, 0.3) is 0 Å². The van der Waals surface area contributed by atoms with Crippen LogP contribution in [0.15, 0.2) is 69.6 Å². The van der Waals surface area contributed by atoms with Crippen LogP contribution in [0.2, 0.25) is 0 Å². The number of aliphatic imine (C=N–C) groups is 3. The molecule has 32 heteroatoms. The second-order valence-electron chi connectivity index (χ2n) is 23.4. The Morgan fingerprint density at radius 3 is 1.98 bits per heavy atom. The number of nitrogens with two attached hydrogens (primary N) is 7. The van der Waals surface area contributed by atoms with E-state index < -0.39 is 120 Å². The number of amides is 9. The zero-order chi connectivity index (χ0) is 65.7. The normalized spacial score (nSPS) is 23.9. The predicted octanol–water partition coefficient (Wildman–Crippen LogP) is -3.30. The molecule has 91 heavy (non-hydrogen) atoms. The zero-order valence-electron chi connectivity index (χ0n) is 50.9. The molecule has 496 valence electrons. The highest BCUT2D eigenvalue weighted by atomic mass is 33.1. The summed E-state index contributed by atoms with van der Waals surface area (Å²) < 4.78 is 0. The first-order valence-corrected chi connectivity index (χ1v) is 33.3. The van der Waals surface area contributed by atoms with E-state index in [2.05, 4.69) is 46.9 Å². The Kier molecular flexibility index (Phi) is 26.3. The van der Waals surface area contributed by atoms with Crippen molar-refractivity contribution in [2.75, 3.05) is 50.8 Å². The van der Waals surface area contributed by atoms with E-state index in [1.165, 1.54) is 14.7 Å². The summed E-state index contributed by atoms with van der Waals surface area (Å²) in [6.07, 6.45) is 4.49. The first-order valence-electron chi connectivity index (χ1n) is 30.8. The number of rotatable bonds is 23. The van der Waals surface area contributed by atoms with Crippen molar-refractivity contribution >= 4 is 98.6 Å². The number of benzene rings is 2. The van der Waals surface area contributed by atoms with Crippen molar-refractivity contribution in [3.05, 3.63) is 71.3 Å². The number of aliphatic carboxylic acids is 1. The molecule has 11 atom stereocenters. The van der Waals surface area contributed by atoms with E-state index >= 15 is 9.59 Å². The number of carboxylic acid groups (broad SMARTS) is 1. The van der Waals surface area contributed by atoms with Crippen LogP contribution in [0, 0.1) is 11.8 Å². The monoisotopic (exact) mass is 1300 g/mol. The van der Waals surface area contributed by atoms with Crippen LogP contribution in [0.5, 0.6) is 0 Å². The Morgan fingerprint density at radius 1 is 0.681 bits per heavy atom. The van der Waals surface area contributed by atoms with Crippen LogP contribution < -0.4 is 72.0 Å². The number of carbonyl (C=O) groups is 10. The molecule has 21 N–H and O–H groups in total. The number of guanidine groups is 3. The van der Waals surface area contributed by atoms with Gasteiger partial charge < -0.3 is 91.8 Å². The fourth-order valence-corrected chi connectivity index (χ4v) is 14.7. The minimum atomic E-state index is -1.44. The van der Waals surface area contributed by atoms with Gasteiger partial charge in [-0.1, -0.05) is 89.0 Å². The first-order chi connectivity index (χ1) is 43.6. The predicted molar refractivity (Wildman–Crippen MR) is 343 cm³/mol. The van der Waals surface area contributed by atoms with E-state index in [1.54, 1.807) is 36.4 Å². The third kappa shape index (κ3) is 20.1. The van der Waals surface area contributed by atoms with Crippen molar-refractivity contribution in [2.24, 2.45) is 66.9 Å². The van der Waals surface area contributed by atoms with E-state index in [0.29, 0.717) is 24.8 Å². The van der Waals surface area contributed by atoms with Gasteiger partial charge in [0, 0.05) is 63.6 Å². The molecule has 4 fully saturated rings. The zero-order valence-corrected chi connectivity index (χ0v) is 52.5. The smallest absolute Gasteiger partial charge is 0.326 e. The first kappa shape index (κ1) is 70.1. The molecular weight excluding hydrogens is 1210 g/mol. The SMILES string of the molecule is NC(N)=NCCC[C@@H](N)C(=O)N[C@@H](CCCN=C(N)N)C(=O)N[C@H]1CSSC[C@@H](C(=O)N2Cc3ccccc3C[C@@H]2C(=O)N2CC3CCCCC3[C@H]2C(=O)N[C@@H](CCCN=C(N)N)C(=O)O)NC(=O)[C@H](Cc2ccccc2)NC(=O)CNC(=O)[C@@H]2CCCN2C1=O. The summed E-state index contributed by atoms with van der Waals surface area (Å²) >= 11 is 0. The van der Waals surface area contributed by atoms with Crippen LogP contribution in [-0.4, -0.2) is 202 Å². The van der Waals surface area contributed by atoms with Crippen LogP contribution in [-0.2, 0) is 67.3 Å². The molecule has 30 nitrogen and oxygen atoms in total. The average Bonchev–Trinajstić information content (AvgIpc) is 1.71. The van der Waals surface area contributed by atoms with E-state index in [9.17, 15) is 43.5 Å². The summed E-state index contributed by atoms with van der Waals surface area (Å²) in [6, 6.07) is 4.96. The molecule has 4 heterocycles. The van der Waals surface area contributed by atoms with E-state index in [1.807, 2.05) is 18.2 Å². The Morgan fingerprint density at radius 2 is 1.31 bits per heavy atom. The van der Waals surface area contributed by atoms with Crippen molar-refractivity contribution in [1.82, 2.24) is 46.6 Å². The third-order valence-electron chi connectivity index (χ3n) is 16.9. The summed E-state index contributed by atoms with van der Waals surface area (Å²) in [5.41, 5.74) is 41.4. The van der Waals surface area contributed by atoms with Crippen LogP contribution in [0.1, 0.15) is 93.7 Å². The van der Waals surface area contributed by atoms with Crippen molar-refractivity contribution in [3.8, 4) is 0 Å². The molecule has 4 aliphatic heterocycles. The maximum Gasteiger partial charge on any atom is 0.326 e. The second kappa shape index (κ2) is 34.2. The lowest BCUT2D eigenvalue weighted by Gasteiger charge is -2.41. The van der Waals surface area contributed by atoms with Gasteiger partial charge in [0.1, 0.15) is 48.3 Å². The molecule has 0 bridgehead atoms. The van der Waals surface area contributed by atoms with Crippen LogP contribution >= 0.6 is 21.6 Å². The number of likely N-dealkylation sites (tertiary alicyclic amines) is 1. The highest BCUT2D eigenvalue weighted by Crippen LogP contribution is 2.42. The fourth-order valence-electron chi connectivity index (χ4n) is 12.3. The van der Waals surface area contributed by atoms with Gasteiger partial charge in [0.05, 0.1) is 12.6 Å². The van der Waals surface area contributed by atoms with E-state index in [0.717, 1.165) is 52.0 Å². The Balaban J connectivity index is 1.21. The maximum atomic E-state index is 15.8. The van der Waals surface area contributed by atoms with Crippen molar-refractivity contribution in [3.63, 3.8) is 0 Å². The summed E-state index contributed by atoms with van der Waals surface area (Å²) in [4.78, 5) is 161. The van der Waals surface area contributed by atoms with Gasteiger partial charge >= 0.3 is 5.97 Å². The molecule has 0 aromatic heterocycles. The Bertz CT molecular complexity index is 3020. The molecule has 3 saturated heterocycles. The number of hydrogen-bond donors (Lipinski definition) is 14. The molecule has 0 spiro atoms. The van der Waals surface area contributed by atoms with Gasteiger partial charge in [0.15, 0.2) is 17.9 Å².